The highest BCUT2D eigenvalue weighted by atomic mass is 14.9. The number of hydrogen-bond donors (Lipinski definition) is 1. The Kier molecular flexibility index (Phi) is 1.35. The molecule has 0 atom stereocenters. The van der Waals surface area contributed by atoms with Gasteiger partial charge in [0.1, 0.15) is 0 Å². The summed E-state index contributed by atoms with van der Waals surface area (Å²) in [7, 11) is 0. The molecule has 52 valence electrons. The Morgan fingerprint density at radius 3 is 3.20 bits per heavy atom. The first-order valence-corrected chi connectivity index (χ1v) is 3.77. The normalized spacial score (nSPS) is 22.4. The smallest absolute Gasteiger partial charge is 0.0185 e. The zero-order chi connectivity index (χ0) is 6.81. The third-order valence-corrected chi connectivity index (χ3v) is 1.98. The zero-order valence-corrected chi connectivity index (χ0v) is 5.93. The standard InChI is InChI=1S/C9H11N/c1-2-6-9-8(4-1)5-3-7-10-9/h1,3-4,7,10H,2,5-6H2. The van der Waals surface area contributed by atoms with Gasteiger partial charge in [-0.15, -0.1) is 0 Å². The molecule has 0 unspecified atom stereocenters. The van der Waals surface area contributed by atoms with Gasteiger partial charge < -0.3 is 5.32 Å². The van der Waals surface area contributed by atoms with Crippen LogP contribution in [0.1, 0.15) is 19.3 Å². The largest absolute Gasteiger partial charge is 0.365 e. The van der Waals surface area contributed by atoms with E-state index in [2.05, 4.69) is 23.5 Å². The average molecular weight is 133 g/mol. The second-order valence-corrected chi connectivity index (χ2v) is 2.70. The van der Waals surface area contributed by atoms with Crippen molar-refractivity contribution in [3.8, 4) is 0 Å². The molecule has 1 heterocycles. The Morgan fingerprint density at radius 1 is 1.30 bits per heavy atom. The van der Waals surface area contributed by atoms with Gasteiger partial charge in [0.2, 0.25) is 0 Å². The first-order chi connectivity index (χ1) is 4.97. The molecule has 0 aromatic rings. The number of hydrogen-bond acceptors (Lipinski definition) is 1. The van der Waals surface area contributed by atoms with Crippen molar-refractivity contribution in [3.05, 3.63) is 35.7 Å². The molecule has 1 aliphatic carbocycles. The van der Waals surface area contributed by atoms with Gasteiger partial charge >= 0.3 is 0 Å². The van der Waals surface area contributed by atoms with Gasteiger partial charge in [-0.05, 0) is 31.0 Å². The lowest BCUT2D eigenvalue weighted by atomic mass is 9.99. The third-order valence-electron chi connectivity index (χ3n) is 1.98. The maximum atomic E-state index is 3.27. The van der Waals surface area contributed by atoms with Crippen LogP contribution < -0.4 is 5.32 Å². The molecule has 1 N–H and O–H groups in total. The minimum absolute atomic E-state index is 1.11. The van der Waals surface area contributed by atoms with Crippen LogP contribution in [0.15, 0.2) is 35.7 Å². The Balaban J connectivity index is 2.25. The van der Waals surface area contributed by atoms with Crippen LogP contribution >= 0.6 is 0 Å². The van der Waals surface area contributed by atoms with Crippen molar-refractivity contribution in [2.75, 3.05) is 0 Å². The van der Waals surface area contributed by atoms with E-state index in [0.717, 1.165) is 6.42 Å². The fourth-order valence-electron chi connectivity index (χ4n) is 1.42. The Hall–Kier alpha value is -0.980. The Labute approximate surface area is 61.1 Å². The highest BCUT2D eigenvalue weighted by Crippen LogP contribution is 2.21. The maximum absolute atomic E-state index is 3.27. The summed E-state index contributed by atoms with van der Waals surface area (Å²) >= 11 is 0. The van der Waals surface area contributed by atoms with Gasteiger partial charge in [-0.25, -0.2) is 0 Å². The van der Waals surface area contributed by atoms with Crippen LogP contribution in [-0.2, 0) is 0 Å². The fraction of sp³-hybridized carbons (Fsp3) is 0.333. The molecule has 1 heteroatoms. The van der Waals surface area contributed by atoms with E-state index >= 15 is 0 Å². The Bertz CT molecular complexity index is 221. The molecule has 0 aromatic carbocycles. The predicted octanol–water partition coefficient (Wildman–Crippen LogP) is 2.10. The summed E-state index contributed by atoms with van der Waals surface area (Å²) in [5.41, 5.74) is 2.89. The maximum Gasteiger partial charge on any atom is 0.0185 e. The fourth-order valence-corrected chi connectivity index (χ4v) is 1.42. The number of allylic oxidation sites excluding steroid dienone is 5. The van der Waals surface area contributed by atoms with Crippen LogP contribution in [0.4, 0.5) is 0 Å². The van der Waals surface area contributed by atoms with Gasteiger partial charge in [-0.3, -0.25) is 0 Å². The predicted molar refractivity (Wildman–Crippen MR) is 42.3 cm³/mol. The van der Waals surface area contributed by atoms with Crippen LogP contribution in [0.5, 0.6) is 0 Å². The highest BCUT2D eigenvalue weighted by Gasteiger charge is 2.07. The number of rotatable bonds is 0. The van der Waals surface area contributed by atoms with Crippen LogP contribution in [0, 0.1) is 0 Å². The molecule has 2 aliphatic rings. The molecule has 0 spiro atoms. The first kappa shape index (κ1) is 5.78. The van der Waals surface area contributed by atoms with Gasteiger partial charge in [0.25, 0.3) is 0 Å². The van der Waals surface area contributed by atoms with Crippen LogP contribution in [0.3, 0.4) is 0 Å². The summed E-state index contributed by atoms with van der Waals surface area (Å²) in [4.78, 5) is 0. The minimum Gasteiger partial charge on any atom is -0.365 e. The van der Waals surface area contributed by atoms with E-state index in [1.165, 1.54) is 24.1 Å². The molecule has 1 nitrogen and oxygen atoms in total. The molecule has 10 heavy (non-hydrogen) atoms. The number of nitrogens with one attached hydrogen (secondary N) is 1. The highest BCUT2D eigenvalue weighted by molar-refractivity contribution is 5.33. The summed E-state index contributed by atoms with van der Waals surface area (Å²) in [5.74, 6) is 0. The molecule has 0 saturated heterocycles. The van der Waals surface area contributed by atoms with Crippen LogP contribution in [0.25, 0.3) is 0 Å². The van der Waals surface area contributed by atoms with Crippen molar-refractivity contribution in [3.63, 3.8) is 0 Å². The Morgan fingerprint density at radius 2 is 2.30 bits per heavy atom. The van der Waals surface area contributed by atoms with E-state index in [-0.39, 0.29) is 0 Å². The molecule has 0 bridgehead atoms. The second kappa shape index (κ2) is 2.33. The van der Waals surface area contributed by atoms with Crippen LogP contribution in [0.2, 0.25) is 0 Å². The second-order valence-electron chi connectivity index (χ2n) is 2.70. The molecular formula is C9H11N. The summed E-state index contributed by atoms with van der Waals surface area (Å²) < 4.78 is 0. The molecule has 0 fully saturated rings. The van der Waals surface area contributed by atoms with Crippen molar-refractivity contribution in [1.29, 1.82) is 0 Å². The average Bonchev–Trinajstić information content (AvgIpc) is 2.05. The van der Waals surface area contributed by atoms with E-state index in [9.17, 15) is 0 Å². The molecule has 0 radical (unpaired) electrons. The molecular weight excluding hydrogens is 122 g/mol. The minimum atomic E-state index is 1.11. The summed E-state index contributed by atoms with van der Waals surface area (Å²) in [6, 6.07) is 0. The molecule has 0 aromatic heterocycles. The summed E-state index contributed by atoms with van der Waals surface area (Å²) in [5, 5.41) is 3.27. The van der Waals surface area contributed by atoms with Gasteiger partial charge in [-0.2, -0.15) is 0 Å². The molecule has 2 rings (SSSR count). The lowest BCUT2D eigenvalue weighted by Crippen LogP contribution is -2.12. The summed E-state index contributed by atoms with van der Waals surface area (Å²) in [6.45, 7) is 0. The number of dihydropyridines is 1. The van der Waals surface area contributed by atoms with Crippen molar-refractivity contribution in [1.82, 2.24) is 5.32 Å². The molecule has 0 amide bonds. The van der Waals surface area contributed by atoms with E-state index < -0.39 is 0 Å². The van der Waals surface area contributed by atoms with E-state index in [1.807, 2.05) is 6.20 Å². The van der Waals surface area contributed by atoms with E-state index in [4.69, 9.17) is 0 Å². The van der Waals surface area contributed by atoms with Crippen molar-refractivity contribution < 1.29 is 0 Å². The monoisotopic (exact) mass is 133 g/mol. The van der Waals surface area contributed by atoms with Gasteiger partial charge in [0.05, 0.1) is 0 Å². The quantitative estimate of drug-likeness (QED) is 0.533. The van der Waals surface area contributed by atoms with E-state index in [1.54, 1.807) is 0 Å². The van der Waals surface area contributed by atoms with Gasteiger partial charge in [0, 0.05) is 5.70 Å². The zero-order valence-electron chi connectivity index (χ0n) is 5.93. The van der Waals surface area contributed by atoms with Gasteiger partial charge in [0.15, 0.2) is 0 Å². The topological polar surface area (TPSA) is 12.0 Å². The molecule has 0 saturated carbocycles. The SMILES string of the molecule is C1=CC2=C(CC1)NC=CC2. The molecule has 1 aliphatic heterocycles. The van der Waals surface area contributed by atoms with Gasteiger partial charge in [-0.1, -0.05) is 18.2 Å². The van der Waals surface area contributed by atoms with Crippen molar-refractivity contribution in [2.24, 2.45) is 0 Å². The first-order valence-electron chi connectivity index (χ1n) is 3.77. The van der Waals surface area contributed by atoms with E-state index in [0.29, 0.717) is 0 Å². The third kappa shape index (κ3) is 0.878. The lowest BCUT2D eigenvalue weighted by Gasteiger charge is -2.18. The summed E-state index contributed by atoms with van der Waals surface area (Å²) in [6.07, 6.45) is 12.2. The van der Waals surface area contributed by atoms with Crippen molar-refractivity contribution in [2.45, 2.75) is 19.3 Å². The van der Waals surface area contributed by atoms with Crippen molar-refractivity contribution >= 4 is 0 Å². The van der Waals surface area contributed by atoms with Crippen LogP contribution in [-0.4, -0.2) is 0 Å². The lowest BCUT2D eigenvalue weighted by molar-refractivity contribution is 0.822.